The van der Waals surface area contributed by atoms with Crippen molar-refractivity contribution in [3.8, 4) is 23.3 Å². The van der Waals surface area contributed by atoms with Crippen molar-refractivity contribution in [3.05, 3.63) is 128 Å². The molecule has 0 saturated carbocycles. The average molecular weight is 996 g/mol. The predicted octanol–water partition coefficient (Wildman–Crippen LogP) is 7.63. The maximum atomic E-state index is 12.6. The molecule has 2 heterocycles. The van der Waals surface area contributed by atoms with Gasteiger partial charge >= 0.3 is 36.1 Å². The minimum atomic E-state index is -4.58. The summed E-state index contributed by atoms with van der Waals surface area (Å²) in [5, 5.41) is 43.1. The summed E-state index contributed by atoms with van der Waals surface area (Å²) in [5.41, 5.74) is -2.16. The molecular weight excluding hydrogens is 964 g/mol. The van der Waals surface area contributed by atoms with Crippen molar-refractivity contribution in [2.24, 2.45) is 0 Å². The molecule has 2 aromatic heterocycles. The number of rotatable bonds is 14. The van der Waals surface area contributed by atoms with Crippen molar-refractivity contribution in [2.45, 2.75) is 18.0 Å². The Balaban J connectivity index is 0.000000226. The highest BCUT2D eigenvalue weighted by molar-refractivity contribution is 7.90. The van der Waals surface area contributed by atoms with Gasteiger partial charge in [-0.25, -0.2) is 32.3 Å². The lowest BCUT2D eigenvalue weighted by Crippen LogP contribution is -2.35. The third-order valence-corrected chi connectivity index (χ3v) is 9.90. The van der Waals surface area contributed by atoms with Crippen molar-refractivity contribution >= 4 is 85.7 Å². The lowest BCUT2D eigenvalue weighted by atomic mass is 10.1. The number of alkyl halides is 3. The van der Waals surface area contributed by atoms with Crippen LogP contribution in [0.2, 0.25) is 10.0 Å². The van der Waals surface area contributed by atoms with E-state index >= 15 is 0 Å². The van der Waals surface area contributed by atoms with E-state index in [0.29, 0.717) is 22.4 Å². The van der Waals surface area contributed by atoms with E-state index < -0.39 is 78.9 Å². The molecule has 0 aliphatic heterocycles. The number of pyridine rings is 1. The smallest absolute Gasteiger partial charge is 0.416 e. The first-order valence-electron chi connectivity index (χ1n) is 18.2. The van der Waals surface area contributed by atoms with E-state index in [-0.39, 0.29) is 41.0 Å². The fourth-order valence-electron chi connectivity index (χ4n) is 5.06. The second-order valence-electron chi connectivity index (χ2n) is 12.4. The number of aromatic carboxylic acids is 2. The van der Waals surface area contributed by atoms with Gasteiger partial charge in [0, 0.05) is 30.8 Å². The molecule has 352 valence electrons. The van der Waals surface area contributed by atoms with Gasteiger partial charge in [-0.3, -0.25) is 20.4 Å². The van der Waals surface area contributed by atoms with Gasteiger partial charge in [0.15, 0.2) is 6.61 Å². The number of amides is 2. The molecule has 0 saturated heterocycles. The zero-order valence-corrected chi connectivity index (χ0v) is 36.3. The molecule has 28 heteroatoms. The van der Waals surface area contributed by atoms with Crippen LogP contribution in [-0.2, 0) is 21.0 Å². The second-order valence-corrected chi connectivity index (χ2v) is 14.9. The van der Waals surface area contributed by atoms with Crippen LogP contribution in [0.5, 0.6) is 23.3 Å². The standard InChI is InChI=1S/C14H7ClF3NO5.C14H16N6O6S.C11H8ClNO3/c15-10-5-7(14(16,17)18)1-4-12(10)24-8-2-3-11(19(22)23)9(6-8)13(20)21;1-3-26-14-18-11(15-2)16-12(19-14)17-13(23)20-27(24,25)9-7-5-4-6-8(9)10(21)22;12-8-3-4-9(16-6-10(14)15)11-7(8)2-1-5-13-11/h1-6H,(H,20,21);4-7H,3H2,1-2H3,(H,21,22)(H3,15,16,17,18,19,20,23);1-5H,6H2,(H,14,15). The van der Waals surface area contributed by atoms with E-state index in [1.54, 1.807) is 42.1 Å². The highest BCUT2D eigenvalue weighted by Gasteiger charge is 2.31. The minimum Gasteiger partial charge on any atom is -0.480 e. The third-order valence-electron chi connectivity index (χ3n) is 7.88. The Labute approximate surface area is 384 Å². The first-order valence-corrected chi connectivity index (χ1v) is 20.4. The monoisotopic (exact) mass is 994 g/mol. The molecule has 2 amide bonds. The van der Waals surface area contributed by atoms with Crippen LogP contribution in [-0.4, -0.2) is 92.8 Å². The molecule has 0 aliphatic carbocycles. The number of hydrogen-bond donors (Lipinski definition) is 6. The predicted molar refractivity (Wildman–Crippen MR) is 230 cm³/mol. The molecule has 22 nitrogen and oxygen atoms in total. The summed E-state index contributed by atoms with van der Waals surface area (Å²) >= 11 is 11.7. The normalized spacial score (nSPS) is 10.8. The molecule has 0 bridgehead atoms. The molecule has 4 aromatic carbocycles. The zero-order valence-electron chi connectivity index (χ0n) is 33.9. The minimum absolute atomic E-state index is 0.0776. The largest absolute Gasteiger partial charge is 0.480 e. The van der Waals surface area contributed by atoms with Crippen LogP contribution < -0.4 is 29.6 Å². The first kappa shape index (κ1) is 51.5. The lowest BCUT2D eigenvalue weighted by molar-refractivity contribution is -0.385. The van der Waals surface area contributed by atoms with Gasteiger partial charge in [-0.15, -0.1) is 0 Å². The number of nitro groups is 1. The van der Waals surface area contributed by atoms with E-state index in [4.69, 9.17) is 52.7 Å². The van der Waals surface area contributed by atoms with Gasteiger partial charge in [-0.2, -0.15) is 28.1 Å². The Bertz CT molecular complexity index is 2950. The lowest BCUT2D eigenvalue weighted by Gasteiger charge is -2.11. The number of aromatic nitrogens is 4. The molecule has 6 aromatic rings. The van der Waals surface area contributed by atoms with Crippen molar-refractivity contribution in [2.75, 3.05) is 30.9 Å². The van der Waals surface area contributed by atoms with Gasteiger partial charge in [-0.05, 0) is 67.6 Å². The molecule has 0 spiro atoms. The Morgan fingerprint density at radius 1 is 0.821 bits per heavy atom. The molecule has 0 fully saturated rings. The number of nitro benzene ring substituents is 1. The molecule has 6 rings (SSSR count). The van der Waals surface area contributed by atoms with Gasteiger partial charge in [0.2, 0.25) is 11.9 Å². The van der Waals surface area contributed by atoms with Crippen LogP contribution in [0.15, 0.2) is 96.0 Å². The fraction of sp³-hybridized carbons (Fsp3) is 0.128. The van der Waals surface area contributed by atoms with E-state index in [2.05, 4.69) is 30.6 Å². The summed E-state index contributed by atoms with van der Waals surface area (Å²) in [5.74, 6) is -4.07. The highest BCUT2D eigenvalue weighted by atomic mass is 35.5. The van der Waals surface area contributed by atoms with Crippen molar-refractivity contribution < 1.29 is 75.2 Å². The molecule has 6 N–H and O–H groups in total. The van der Waals surface area contributed by atoms with Crippen LogP contribution in [0, 0.1) is 10.1 Å². The van der Waals surface area contributed by atoms with Gasteiger partial charge in [0.25, 0.3) is 15.7 Å². The van der Waals surface area contributed by atoms with Gasteiger partial charge < -0.3 is 34.8 Å². The van der Waals surface area contributed by atoms with Gasteiger partial charge in [-0.1, -0.05) is 35.3 Å². The quantitative estimate of drug-likeness (QED) is 0.0451. The van der Waals surface area contributed by atoms with Crippen molar-refractivity contribution in [1.82, 2.24) is 24.7 Å². The van der Waals surface area contributed by atoms with E-state index in [0.717, 1.165) is 47.9 Å². The molecule has 0 atom stereocenters. The van der Waals surface area contributed by atoms with Crippen LogP contribution in [0.3, 0.4) is 0 Å². The summed E-state index contributed by atoms with van der Waals surface area (Å²) < 4.78 is 79.5. The number of nitrogens with one attached hydrogen (secondary N) is 3. The van der Waals surface area contributed by atoms with Crippen LogP contribution in [0.25, 0.3) is 10.9 Å². The Kier molecular flexibility index (Phi) is 17.4. The summed E-state index contributed by atoms with van der Waals surface area (Å²) in [6.45, 7) is 1.57. The topological polar surface area (TPSA) is 322 Å². The van der Waals surface area contributed by atoms with Crippen LogP contribution in [0.4, 0.5) is 35.5 Å². The summed E-state index contributed by atoms with van der Waals surface area (Å²) in [4.78, 5) is 69.7. The number of ether oxygens (including phenoxy) is 3. The number of hydrogen-bond acceptors (Lipinski definition) is 16. The number of nitrogens with zero attached hydrogens (tertiary/aromatic N) is 5. The number of carbonyl (C=O) groups excluding carboxylic acids is 1. The fourth-order valence-corrected chi connectivity index (χ4v) is 6.61. The summed E-state index contributed by atoms with van der Waals surface area (Å²) in [6.07, 6.45) is -2.97. The van der Waals surface area contributed by atoms with Crippen LogP contribution >= 0.6 is 23.2 Å². The Hall–Kier alpha value is -8.10. The zero-order chi connectivity index (χ0) is 49.6. The average Bonchev–Trinajstić information content (AvgIpc) is 3.26. The number of sulfonamides is 1. The number of benzene rings is 4. The number of carbonyl (C=O) groups is 4. The SMILES string of the molecule is CCOc1nc(NC)nc(NC(=O)NS(=O)(=O)c2ccccc2C(=O)O)n1.O=C(O)COc1ccc(Cl)c2cccnc12.O=C(O)c1cc(Oc2ccc(C(F)(F)F)cc2Cl)ccc1[N+](=O)[O-]. The molecule has 0 radical (unpaired) electrons. The summed E-state index contributed by atoms with van der Waals surface area (Å²) in [7, 11) is -2.92. The third kappa shape index (κ3) is 14.4. The van der Waals surface area contributed by atoms with Crippen molar-refractivity contribution in [3.63, 3.8) is 0 Å². The van der Waals surface area contributed by atoms with Gasteiger partial charge in [0.05, 0.1) is 32.7 Å². The summed E-state index contributed by atoms with van der Waals surface area (Å²) in [6, 6.07) is 15.7. The molecule has 67 heavy (non-hydrogen) atoms. The van der Waals surface area contributed by atoms with Crippen molar-refractivity contribution in [1.29, 1.82) is 0 Å². The number of carboxylic acids is 3. The number of urea groups is 1. The number of fused-ring (bicyclic) bond motifs is 1. The Morgan fingerprint density at radius 3 is 2.10 bits per heavy atom. The van der Waals surface area contributed by atoms with E-state index in [1.165, 1.54) is 19.2 Å². The molecular formula is C39H31Cl2F3N8O14S. The second kappa shape index (κ2) is 22.7. The first-order chi connectivity index (χ1) is 31.5. The highest BCUT2D eigenvalue weighted by Crippen LogP contribution is 2.37. The number of carboxylic acid groups (broad SMARTS) is 3. The number of anilines is 2. The van der Waals surface area contributed by atoms with E-state index in [9.17, 15) is 50.9 Å². The van der Waals surface area contributed by atoms with E-state index in [1.807, 2.05) is 0 Å². The number of halogens is 5. The maximum absolute atomic E-state index is 12.6. The molecule has 0 aliphatic rings. The maximum Gasteiger partial charge on any atom is 0.416 e. The number of aliphatic carboxylic acids is 1. The Morgan fingerprint density at radius 2 is 1.49 bits per heavy atom. The van der Waals surface area contributed by atoms with Gasteiger partial charge in [0.1, 0.15) is 33.2 Å². The van der Waals surface area contributed by atoms with Crippen LogP contribution in [0.1, 0.15) is 33.2 Å². The molecule has 0 unspecified atom stereocenters.